The highest BCUT2D eigenvalue weighted by atomic mass is 32.2. The Balaban J connectivity index is 1.79. The molecule has 128 valence electrons. The van der Waals surface area contributed by atoms with Crippen molar-refractivity contribution < 1.29 is 4.74 Å². The number of nitrogens with zero attached hydrogens (tertiary/aromatic N) is 3. The number of thiophene rings is 1. The Morgan fingerprint density at radius 1 is 1.20 bits per heavy atom. The highest BCUT2D eigenvalue weighted by Crippen LogP contribution is 2.40. The van der Waals surface area contributed by atoms with E-state index in [0.717, 1.165) is 28.3 Å². The summed E-state index contributed by atoms with van der Waals surface area (Å²) in [6.07, 6.45) is 0.773. The zero-order valence-electron chi connectivity index (χ0n) is 14.0. The third kappa shape index (κ3) is 3.34. The molecule has 0 unspecified atom stereocenters. The standard InChI is InChI=1S/C18H18N4OS2/c1-3-10-24-18-20-17-15(21-22-18)12-6-4-5-7-13(12)19-16(23-17)14-9-8-11(2)25-14/h4-9,16,19H,3,10H2,1-2H3/t16-/m1/s1. The topological polar surface area (TPSA) is 59.9 Å². The van der Waals surface area contributed by atoms with Crippen LogP contribution in [0.2, 0.25) is 0 Å². The summed E-state index contributed by atoms with van der Waals surface area (Å²) in [5.41, 5.74) is 2.61. The van der Waals surface area contributed by atoms with Crippen LogP contribution in [0.3, 0.4) is 0 Å². The van der Waals surface area contributed by atoms with Gasteiger partial charge in [0.1, 0.15) is 0 Å². The maximum Gasteiger partial charge on any atom is 0.247 e. The summed E-state index contributed by atoms with van der Waals surface area (Å²) in [6.45, 7) is 4.23. The molecule has 1 aromatic carbocycles. The zero-order valence-corrected chi connectivity index (χ0v) is 15.7. The number of para-hydroxylation sites is 1. The summed E-state index contributed by atoms with van der Waals surface area (Å²) in [6, 6.07) is 12.2. The maximum atomic E-state index is 6.23. The summed E-state index contributed by atoms with van der Waals surface area (Å²) in [7, 11) is 0. The number of aryl methyl sites for hydroxylation is 1. The predicted octanol–water partition coefficient (Wildman–Crippen LogP) is 4.91. The number of hydrogen-bond donors (Lipinski definition) is 1. The lowest BCUT2D eigenvalue weighted by Crippen LogP contribution is -2.15. The van der Waals surface area contributed by atoms with Gasteiger partial charge in [0, 0.05) is 21.9 Å². The Kier molecular flexibility index (Phi) is 4.59. The van der Waals surface area contributed by atoms with Crippen molar-refractivity contribution in [1.82, 2.24) is 15.2 Å². The lowest BCUT2D eigenvalue weighted by molar-refractivity contribution is 0.229. The Hall–Kier alpha value is -2.12. The zero-order chi connectivity index (χ0) is 17.2. The Bertz CT molecular complexity index is 896. The molecule has 5 nitrogen and oxygen atoms in total. The van der Waals surface area contributed by atoms with Crippen LogP contribution in [0.1, 0.15) is 29.3 Å². The van der Waals surface area contributed by atoms with E-state index < -0.39 is 0 Å². The van der Waals surface area contributed by atoms with Crippen molar-refractivity contribution in [2.45, 2.75) is 31.7 Å². The molecule has 1 aliphatic heterocycles. The van der Waals surface area contributed by atoms with Gasteiger partial charge in [-0.1, -0.05) is 36.9 Å². The van der Waals surface area contributed by atoms with E-state index in [2.05, 4.69) is 46.5 Å². The second-order valence-electron chi connectivity index (χ2n) is 5.73. The van der Waals surface area contributed by atoms with Gasteiger partial charge in [0.25, 0.3) is 0 Å². The van der Waals surface area contributed by atoms with Crippen LogP contribution in [0.4, 0.5) is 5.69 Å². The molecule has 3 heterocycles. The first-order valence-corrected chi connectivity index (χ1v) is 10.0. The fourth-order valence-electron chi connectivity index (χ4n) is 2.62. The van der Waals surface area contributed by atoms with Crippen molar-refractivity contribution in [3.8, 4) is 17.1 Å². The molecule has 1 atom stereocenters. The van der Waals surface area contributed by atoms with Crippen molar-refractivity contribution in [1.29, 1.82) is 0 Å². The van der Waals surface area contributed by atoms with Crippen LogP contribution in [0, 0.1) is 6.92 Å². The van der Waals surface area contributed by atoms with Crippen molar-refractivity contribution in [2.75, 3.05) is 11.1 Å². The van der Waals surface area contributed by atoms with Crippen LogP contribution in [-0.2, 0) is 0 Å². The first-order valence-electron chi connectivity index (χ1n) is 8.21. The van der Waals surface area contributed by atoms with Crippen molar-refractivity contribution in [2.24, 2.45) is 0 Å². The molecule has 2 aromatic heterocycles. The minimum absolute atomic E-state index is 0.290. The van der Waals surface area contributed by atoms with Crippen molar-refractivity contribution in [3.05, 3.63) is 46.2 Å². The average Bonchev–Trinajstić information content (AvgIpc) is 2.99. The number of ether oxygens (including phenoxy) is 1. The largest absolute Gasteiger partial charge is 0.447 e. The molecule has 0 radical (unpaired) electrons. The van der Waals surface area contributed by atoms with E-state index in [1.807, 2.05) is 24.3 Å². The predicted molar refractivity (Wildman–Crippen MR) is 102 cm³/mol. The van der Waals surface area contributed by atoms with Gasteiger partial charge in [0.15, 0.2) is 5.69 Å². The van der Waals surface area contributed by atoms with Gasteiger partial charge in [-0.05, 0) is 31.5 Å². The van der Waals surface area contributed by atoms with Gasteiger partial charge in [-0.3, -0.25) is 0 Å². The first kappa shape index (κ1) is 16.4. The van der Waals surface area contributed by atoms with Crippen LogP contribution in [0.15, 0.2) is 41.6 Å². The third-order valence-electron chi connectivity index (χ3n) is 3.79. The van der Waals surface area contributed by atoms with E-state index in [1.165, 1.54) is 4.88 Å². The SMILES string of the molecule is CCCSc1nnc2c(n1)O[C@H](c1ccc(C)s1)Nc1ccccc1-2. The molecule has 0 spiro atoms. The molecule has 0 aliphatic carbocycles. The van der Waals surface area contributed by atoms with Gasteiger partial charge in [-0.25, -0.2) is 0 Å². The quantitative estimate of drug-likeness (QED) is 0.658. The van der Waals surface area contributed by atoms with Gasteiger partial charge in [-0.15, -0.1) is 21.5 Å². The molecule has 4 rings (SSSR count). The number of aromatic nitrogens is 3. The van der Waals surface area contributed by atoms with Crippen LogP contribution in [0.25, 0.3) is 11.3 Å². The first-order chi connectivity index (χ1) is 12.2. The number of benzene rings is 1. The summed E-state index contributed by atoms with van der Waals surface area (Å²) in [4.78, 5) is 6.98. The second-order valence-corrected chi connectivity index (χ2v) is 8.11. The van der Waals surface area contributed by atoms with E-state index in [0.29, 0.717) is 16.7 Å². The van der Waals surface area contributed by atoms with Crippen LogP contribution in [0.5, 0.6) is 5.88 Å². The fraction of sp³-hybridized carbons (Fsp3) is 0.278. The third-order valence-corrected chi connectivity index (χ3v) is 5.88. The van der Waals surface area contributed by atoms with Crippen molar-refractivity contribution in [3.63, 3.8) is 0 Å². The molecule has 0 saturated heterocycles. The Morgan fingerprint density at radius 2 is 2.08 bits per heavy atom. The molecule has 3 aromatic rings. The van der Waals surface area contributed by atoms with Crippen LogP contribution >= 0.6 is 23.1 Å². The number of hydrogen-bond acceptors (Lipinski definition) is 7. The maximum absolute atomic E-state index is 6.23. The second kappa shape index (κ2) is 7.01. The monoisotopic (exact) mass is 370 g/mol. The van der Waals surface area contributed by atoms with Crippen molar-refractivity contribution >= 4 is 28.8 Å². The van der Waals surface area contributed by atoms with Crippen LogP contribution < -0.4 is 10.1 Å². The summed E-state index contributed by atoms with van der Waals surface area (Å²) in [5, 5.41) is 12.8. The van der Waals surface area contributed by atoms with Gasteiger partial charge < -0.3 is 10.1 Å². The van der Waals surface area contributed by atoms with Gasteiger partial charge >= 0.3 is 0 Å². The molecule has 25 heavy (non-hydrogen) atoms. The molecule has 1 N–H and O–H groups in total. The summed E-state index contributed by atoms with van der Waals surface area (Å²) in [5.74, 6) is 1.49. The lowest BCUT2D eigenvalue weighted by atomic mass is 10.1. The fourth-order valence-corrected chi connectivity index (χ4v) is 4.12. The van der Waals surface area contributed by atoms with E-state index in [1.54, 1.807) is 23.1 Å². The summed E-state index contributed by atoms with van der Waals surface area (Å²) >= 11 is 3.31. The summed E-state index contributed by atoms with van der Waals surface area (Å²) < 4.78 is 6.23. The molecule has 0 saturated carbocycles. The minimum Gasteiger partial charge on any atom is -0.447 e. The highest BCUT2D eigenvalue weighted by Gasteiger charge is 2.26. The van der Waals surface area contributed by atoms with Gasteiger partial charge in [-0.2, -0.15) is 4.98 Å². The number of thioether (sulfide) groups is 1. The number of fused-ring (bicyclic) bond motifs is 3. The minimum atomic E-state index is -0.290. The normalized spacial score (nSPS) is 15.5. The van der Waals surface area contributed by atoms with E-state index in [4.69, 9.17) is 4.74 Å². The number of nitrogens with one attached hydrogen (secondary N) is 1. The smallest absolute Gasteiger partial charge is 0.247 e. The van der Waals surface area contributed by atoms with Gasteiger partial charge in [0.05, 0.1) is 4.88 Å². The highest BCUT2D eigenvalue weighted by molar-refractivity contribution is 7.99. The van der Waals surface area contributed by atoms with E-state index in [9.17, 15) is 0 Å². The molecule has 1 aliphatic rings. The number of anilines is 1. The Morgan fingerprint density at radius 3 is 2.88 bits per heavy atom. The van der Waals surface area contributed by atoms with Gasteiger partial charge in [0.2, 0.25) is 17.3 Å². The molecule has 0 amide bonds. The molecular formula is C18H18N4OS2. The van der Waals surface area contributed by atoms with E-state index >= 15 is 0 Å². The lowest BCUT2D eigenvalue weighted by Gasteiger charge is -2.17. The Labute approximate surface area is 154 Å². The average molecular weight is 371 g/mol. The molecule has 0 fully saturated rings. The van der Waals surface area contributed by atoms with Crippen LogP contribution in [-0.4, -0.2) is 20.9 Å². The molecule has 0 bridgehead atoms. The molecular weight excluding hydrogens is 352 g/mol. The number of rotatable bonds is 4. The molecule has 7 heteroatoms. The van der Waals surface area contributed by atoms with E-state index in [-0.39, 0.29) is 6.23 Å².